The van der Waals surface area contributed by atoms with Crippen molar-refractivity contribution in [3.8, 4) is 0 Å². The molecule has 0 aliphatic carbocycles. The third-order valence-corrected chi connectivity index (χ3v) is 2.27. The van der Waals surface area contributed by atoms with E-state index < -0.39 is 5.60 Å². The minimum atomic E-state index is -0.468. The summed E-state index contributed by atoms with van der Waals surface area (Å²) >= 11 is 0. The third-order valence-electron chi connectivity index (χ3n) is 2.27. The Kier molecular flexibility index (Phi) is 3.60. The normalized spacial score (nSPS) is 26.9. The number of carbonyl (C=O) groups is 1. The number of hydrogen-bond donors (Lipinski definition) is 0. The molecular weight excluding hydrogens is 194 g/mol. The van der Waals surface area contributed by atoms with Gasteiger partial charge >= 0.3 is 6.09 Å². The Hall–Kier alpha value is -0.770. The molecule has 0 saturated carbocycles. The number of hydrogen-bond acceptors (Lipinski definition) is 3. The molecule has 15 heavy (non-hydrogen) atoms. The van der Waals surface area contributed by atoms with Crippen LogP contribution in [-0.4, -0.2) is 28.9 Å². The van der Waals surface area contributed by atoms with Crippen molar-refractivity contribution in [1.82, 2.24) is 5.06 Å². The van der Waals surface area contributed by atoms with Crippen LogP contribution in [0.15, 0.2) is 0 Å². The molecule has 0 bridgehead atoms. The summed E-state index contributed by atoms with van der Waals surface area (Å²) in [4.78, 5) is 17.2. The van der Waals surface area contributed by atoms with E-state index in [2.05, 4.69) is 0 Å². The SMILES string of the molecule is CCC1CC(C)ON1C(=O)OC(C)(C)C. The number of ether oxygens (including phenoxy) is 1. The topological polar surface area (TPSA) is 38.8 Å². The highest BCUT2D eigenvalue weighted by atomic mass is 16.7. The van der Waals surface area contributed by atoms with Crippen LogP contribution in [0.5, 0.6) is 0 Å². The number of rotatable bonds is 1. The minimum absolute atomic E-state index is 0.0995. The molecule has 2 unspecified atom stereocenters. The molecule has 1 aliphatic rings. The van der Waals surface area contributed by atoms with E-state index in [0.29, 0.717) is 0 Å². The first-order chi connectivity index (χ1) is 6.83. The highest BCUT2D eigenvalue weighted by Gasteiger charge is 2.36. The van der Waals surface area contributed by atoms with Crippen LogP contribution in [-0.2, 0) is 9.57 Å². The lowest BCUT2D eigenvalue weighted by molar-refractivity contribution is -0.146. The summed E-state index contributed by atoms with van der Waals surface area (Å²) in [6, 6.07) is 0.148. The summed E-state index contributed by atoms with van der Waals surface area (Å²) < 4.78 is 5.26. The molecule has 1 heterocycles. The van der Waals surface area contributed by atoms with Gasteiger partial charge < -0.3 is 4.74 Å². The lowest BCUT2D eigenvalue weighted by Gasteiger charge is -2.26. The van der Waals surface area contributed by atoms with E-state index in [1.165, 1.54) is 5.06 Å². The molecule has 1 fully saturated rings. The molecular formula is C11H21NO3. The molecule has 4 nitrogen and oxygen atoms in total. The highest BCUT2D eigenvalue weighted by molar-refractivity contribution is 5.67. The summed E-state index contributed by atoms with van der Waals surface area (Å²) in [6.07, 6.45) is 1.50. The van der Waals surface area contributed by atoms with Gasteiger partial charge in [0.2, 0.25) is 0 Å². The van der Waals surface area contributed by atoms with Crippen LogP contribution in [0.25, 0.3) is 0 Å². The fourth-order valence-corrected chi connectivity index (χ4v) is 1.63. The van der Waals surface area contributed by atoms with Crippen molar-refractivity contribution in [1.29, 1.82) is 0 Å². The number of nitrogens with zero attached hydrogens (tertiary/aromatic N) is 1. The molecule has 0 N–H and O–H groups in total. The number of carbonyl (C=O) groups excluding carboxylic acids is 1. The van der Waals surface area contributed by atoms with Crippen LogP contribution >= 0.6 is 0 Å². The van der Waals surface area contributed by atoms with Crippen molar-refractivity contribution in [2.75, 3.05) is 0 Å². The smallest absolute Gasteiger partial charge is 0.434 e. The quantitative estimate of drug-likeness (QED) is 0.675. The fraction of sp³-hybridized carbons (Fsp3) is 0.909. The fourth-order valence-electron chi connectivity index (χ4n) is 1.63. The Bertz CT molecular complexity index is 234. The molecule has 0 aromatic heterocycles. The first-order valence-electron chi connectivity index (χ1n) is 5.52. The van der Waals surface area contributed by atoms with E-state index in [1.54, 1.807) is 0 Å². The molecule has 0 aromatic carbocycles. The lowest BCUT2D eigenvalue weighted by Crippen LogP contribution is -2.38. The Morgan fingerprint density at radius 2 is 2.13 bits per heavy atom. The first-order valence-corrected chi connectivity index (χ1v) is 5.52. The van der Waals surface area contributed by atoms with Crippen LogP contribution in [0.1, 0.15) is 47.5 Å². The van der Waals surface area contributed by atoms with E-state index in [1.807, 2.05) is 34.6 Å². The molecule has 88 valence electrons. The first kappa shape index (κ1) is 12.3. The van der Waals surface area contributed by atoms with Gasteiger partial charge in [-0.25, -0.2) is 4.79 Å². The molecule has 0 spiro atoms. The van der Waals surface area contributed by atoms with Gasteiger partial charge in [-0.2, -0.15) is 5.06 Å². The van der Waals surface area contributed by atoms with Gasteiger partial charge in [-0.05, 0) is 40.5 Å². The monoisotopic (exact) mass is 215 g/mol. The van der Waals surface area contributed by atoms with E-state index in [0.717, 1.165) is 12.8 Å². The molecule has 1 aliphatic heterocycles. The second kappa shape index (κ2) is 4.39. The summed E-state index contributed by atoms with van der Waals surface area (Å²) in [5.74, 6) is 0. The molecule has 1 amide bonds. The van der Waals surface area contributed by atoms with Crippen molar-refractivity contribution in [3.63, 3.8) is 0 Å². The van der Waals surface area contributed by atoms with Gasteiger partial charge in [0.15, 0.2) is 0 Å². The van der Waals surface area contributed by atoms with Crippen LogP contribution < -0.4 is 0 Å². The average Bonchev–Trinajstić information content (AvgIpc) is 2.43. The van der Waals surface area contributed by atoms with E-state index in [9.17, 15) is 4.79 Å². The van der Waals surface area contributed by atoms with Gasteiger partial charge in [-0.15, -0.1) is 0 Å². The zero-order chi connectivity index (χ0) is 11.6. The molecule has 2 atom stereocenters. The molecule has 4 heteroatoms. The van der Waals surface area contributed by atoms with Crippen molar-refractivity contribution in [2.45, 2.75) is 65.2 Å². The van der Waals surface area contributed by atoms with Crippen molar-refractivity contribution in [3.05, 3.63) is 0 Å². The maximum absolute atomic E-state index is 11.8. The zero-order valence-electron chi connectivity index (χ0n) is 10.2. The van der Waals surface area contributed by atoms with Gasteiger partial charge in [0, 0.05) is 0 Å². The van der Waals surface area contributed by atoms with Gasteiger partial charge in [-0.3, -0.25) is 4.84 Å². The molecule has 0 radical (unpaired) electrons. The molecule has 0 aromatic rings. The van der Waals surface area contributed by atoms with Gasteiger partial charge in [0.25, 0.3) is 0 Å². The van der Waals surface area contributed by atoms with E-state index >= 15 is 0 Å². The Labute approximate surface area is 91.5 Å². The van der Waals surface area contributed by atoms with Crippen LogP contribution in [0.3, 0.4) is 0 Å². The van der Waals surface area contributed by atoms with Crippen molar-refractivity contribution >= 4 is 6.09 Å². The minimum Gasteiger partial charge on any atom is -0.442 e. The van der Waals surface area contributed by atoms with Crippen LogP contribution in [0, 0.1) is 0 Å². The third kappa shape index (κ3) is 3.38. The summed E-state index contributed by atoms with van der Waals surface area (Å²) in [6.45, 7) is 9.57. The van der Waals surface area contributed by atoms with E-state index in [-0.39, 0.29) is 18.2 Å². The largest absolute Gasteiger partial charge is 0.442 e. The van der Waals surface area contributed by atoms with Crippen LogP contribution in [0.2, 0.25) is 0 Å². The van der Waals surface area contributed by atoms with Gasteiger partial charge in [0.05, 0.1) is 12.1 Å². The van der Waals surface area contributed by atoms with Crippen LogP contribution in [0.4, 0.5) is 4.79 Å². The number of amides is 1. The van der Waals surface area contributed by atoms with Gasteiger partial charge in [-0.1, -0.05) is 6.92 Å². The maximum Gasteiger partial charge on any atom is 0.434 e. The summed E-state index contributed by atoms with van der Waals surface area (Å²) in [5, 5.41) is 1.38. The second-order valence-electron chi connectivity index (χ2n) is 5.02. The number of hydroxylamine groups is 2. The molecule has 1 rings (SSSR count). The van der Waals surface area contributed by atoms with E-state index in [4.69, 9.17) is 9.57 Å². The molecule has 1 saturated heterocycles. The summed E-state index contributed by atoms with van der Waals surface area (Å²) in [7, 11) is 0. The Morgan fingerprint density at radius 3 is 2.60 bits per heavy atom. The predicted molar refractivity (Wildman–Crippen MR) is 57.3 cm³/mol. The van der Waals surface area contributed by atoms with Crippen molar-refractivity contribution in [2.24, 2.45) is 0 Å². The standard InChI is InChI=1S/C11H21NO3/c1-6-9-7-8(2)15-12(9)10(13)14-11(3,4)5/h8-9H,6-7H2,1-5H3. The summed E-state index contributed by atoms with van der Waals surface area (Å²) in [5.41, 5.74) is -0.468. The lowest BCUT2D eigenvalue weighted by atomic mass is 10.1. The predicted octanol–water partition coefficient (Wildman–Crippen LogP) is 2.73. The van der Waals surface area contributed by atoms with Gasteiger partial charge in [0.1, 0.15) is 5.60 Å². The van der Waals surface area contributed by atoms with Crippen molar-refractivity contribution < 1.29 is 14.4 Å². The highest BCUT2D eigenvalue weighted by Crippen LogP contribution is 2.25. The Morgan fingerprint density at radius 1 is 1.53 bits per heavy atom. The Balaban J connectivity index is 2.59. The second-order valence-corrected chi connectivity index (χ2v) is 5.02. The zero-order valence-corrected chi connectivity index (χ0v) is 10.2. The maximum atomic E-state index is 11.8. The average molecular weight is 215 g/mol.